The van der Waals surface area contributed by atoms with Crippen LogP contribution in [0.1, 0.15) is 49.5 Å². The second kappa shape index (κ2) is 8.45. The Morgan fingerprint density at radius 2 is 1.88 bits per heavy atom. The van der Waals surface area contributed by atoms with Crippen LogP contribution in [-0.4, -0.2) is 40.2 Å². The topological polar surface area (TPSA) is 81.2 Å². The van der Waals surface area contributed by atoms with Gasteiger partial charge in [-0.25, -0.2) is 4.68 Å². The molecule has 1 amide bonds. The van der Waals surface area contributed by atoms with Crippen molar-refractivity contribution in [2.75, 3.05) is 19.6 Å². The highest BCUT2D eigenvalue weighted by atomic mass is 16.2. The van der Waals surface area contributed by atoms with Gasteiger partial charge in [0, 0.05) is 25.0 Å². The van der Waals surface area contributed by atoms with Crippen LogP contribution in [0.4, 0.5) is 0 Å². The van der Waals surface area contributed by atoms with Gasteiger partial charge in [0.2, 0.25) is 0 Å². The van der Waals surface area contributed by atoms with Crippen molar-refractivity contribution in [3.63, 3.8) is 0 Å². The highest BCUT2D eigenvalue weighted by Gasteiger charge is 2.26. The van der Waals surface area contributed by atoms with E-state index in [1.165, 1.54) is 4.68 Å². The lowest BCUT2D eigenvalue weighted by atomic mass is 9.97. The van der Waals surface area contributed by atoms with E-state index in [1.807, 2.05) is 23.1 Å². The molecule has 140 valence electrons. The van der Waals surface area contributed by atoms with Gasteiger partial charge in [-0.05, 0) is 37.8 Å². The van der Waals surface area contributed by atoms with E-state index in [-0.39, 0.29) is 11.5 Å². The van der Waals surface area contributed by atoms with Gasteiger partial charge in [-0.3, -0.25) is 9.59 Å². The molecule has 6 nitrogen and oxygen atoms in total. The summed E-state index contributed by atoms with van der Waals surface area (Å²) < 4.78 is 1.47. The van der Waals surface area contributed by atoms with Crippen molar-refractivity contribution in [2.24, 2.45) is 11.7 Å². The van der Waals surface area contributed by atoms with E-state index >= 15 is 0 Å². The van der Waals surface area contributed by atoms with Crippen LogP contribution in [0.5, 0.6) is 0 Å². The highest BCUT2D eigenvalue weighted by Crippen LogP contribution is 2.20. The average Bonchev–Trinajstić information content (AvgIpc) is 2.69. The lowest BCUT2D eigenvalue weighted by Crippen LogP contribution is -2.41. The number of fused-ring (bicyclic) bond motifs is 1. The molecule has 0 saturated carbocycles. The predicted octanol–water partition coefficient (Wildman–Crippen LogP) is 2.40. The number of hydrogen-bond acceptors (Lipinski definition) is 4. The zero-order chi connectivity index (χ0) is 18.5. The SMILES string of the molecule is CCCCCn1nc(C(=O)N2CCC(CN)CC2)c2ccccc2c1=O. The van der Waals surface area contributed by atoms with Crippen LogP contribution in [-0.2, 0) is 6.54 Å². The molecule has 6 heteroatoms. The number of carbonyl (C=O) groups excluding carboxylic acids is 1. The van der Waals surface area contributed by atoms with Crippen LogP contribution < -0.4 is 11.3 Å². The molecule has 3 rings (SSSR count). The fraction of sp³-hybridized carbons (Fsp3) is 0.550. The molecule has 0 unspecified atom stereocenters. The second-order valence-corrected chi connectivity index (χ2v) is 7.10. The quantitative estimate of drug-likeness (QED) is 0.806. The molecule has 0 bridgehead atoms. The Bertz CT molecular complexity index is 822. The first-order valence-corrected chi connectivity index (χ1v) is 9.65. The molecule has 0 radical (unpaired) electrons. The van der Waals surface area contributed by atoms with E-state index in [2.05, 4.69) is 12.0 Å². The lowest BCUT2D eigenvalue weighted by Gasteiger charge is -2.31. The number of likely N-dealkylation sites (tertiary alicyclic amines) is 1. The van der Waals surface area contributed by atoms with E-state index < -0.39 is 0 Å². The number of rotatable bonds is 6. The minimum absolute atomic E-state index is 0.0825. The summed E-state index contributed by atoms with van der Waals surface area (Å²) in [6.45, 7) is 4.74. The van der Waals surface area contributed by atoms with Crippen LogP contribution in [0.15, 0.2) is 29.1 Å². The number of amides is 1. The number of aryl methyl sites for hydroxylation is 1. The van der Waals surface area contributed by atoms with Crippen LogP contribution in [0.3, 0.4) is 0 Å². The molecule has 26 heavy (non-hydrogen) atoms. The van der Waals surface area contributed by atoms with Crippen LogP contribution in [0.25, 0.3) is 10.8 Å². The van der Waals surface area contributed by atoms with Gasteiger partial charge in [-0.2, -0.15) is 5.10 Å². The van der Waals surface area contributed by atoms with Gasteiger partial charge < -0.3 is 10.6 Å². The Hall–Kier alpha value is -2.21. The number of carbonyl (C=O) groups is 1. The molecule has 0 aliphatic carbocycles. The Morgan fingerprint density at radius 3 is 2.54 bits per heavy atom. The Kier molecular flexibility index (Phi) is 6.04. The molecule has 1 aliphatic rings. The third-order valence-electron chi connectivity index (χ3n) is 5.28. The maximum absolute atomic E-state index is 13.1. The number of piperidine rings is 1. The van der Waals surface area contributed by atoms with Crippen molar-refractivity contribution < 1.29 is 4.79 Å². The van der Waals surface area contributed by atoms with Gasteiger partial charge in [0.25, 0.3) is 11.5 Å². The van der Waals surface area contributed by atoms with Gasteiger partial charge in [0.15, 0.2) is 5.69 Å². The normalized spacial score (nSPS) is 15.5. The largest absolute Gasteiger partial charge is 0.337 e. The molecule has 2 aromatic rings. The summed E-state index contributed by atoms with van der Waals surface area (Å²) in [5, 5.41) is 5.69. The summed E-state index contributed by atoms with van der Waals surface area (Å²) in [7, 11) is 0. The molecule has 1 aromatic heterocycles. The summed E-state index contributed by atoms with van der Waals surface area (Å²) in [6.07, 6.45) is 4.85. The molecular formula is C20H28N4O2. The van der Waals surface area contributed by atoms with Crippen molar-refractivity contribution >= 4 is 16.7 Å². The summed E-state index contributed by atoms with van der Waals surface area (Å²) in [6, 6.07) is 7.29. The smallest absolute Gasteiger partial charge is 0.274 e. The highest BCUT2D eigenvalue weighted by molar-refractivity contribution is 6.04. The van der Waals surface area contributed by atoms with Crippen LogP contribution >= 0.6 is 0 Å². The molecular weight excluding hydrogens is 328 g/mol. The Labute approximate surface area is 154 Å². The number of unbranched alkanes of at least 4 members (excludes halogenated alkanes) is 2. The zero-order valence-corrected chi connectivity index (χ0v) is 15.5. The molecule has 2 N–H and O–H groups in total. The molecule has 1 aromatic carbocycles. The summed E-state index contributed by atoms with van der Waals surface area (Å²) in [4.78, 5) is 27.7. The minimum atomic E-state index is -0.116. The lowest BCUT2D eigenvalue weighted by molar-refractivity contribution is 0.0687. The van der Waals surface area contributed by atoms with Gasteiger partial charge in [-0.1, -0.05) is 38.0 Å². The number of nitrogens with two attached hydrogens (primary N) is 1. The standard InChI is InChI=1S/C20H28N4O2/c1-2-3-6-11-24-19(25)17-8-5-4-7-16(17)18(22-24)20(26)23-12-9-15(14-21)10-13-23/h4-5,7-8,15H,2-3,6,9-14,21H2,1H3. The first-order chi connectivity index (χ1) is 12.7. The van der Waals surface area contributed by atoms with Crippen molar-refractivity contribution in [3.8, 4) is 0 Å². The minimum Gasteiger partial charge on any atom is -0.337 e. The van der Waals surface area contributed by atoms with Crippen molar-refractivity contribution in [2.45, 2.75) is 45.6 Å². The van der Waals surface area contributed by atoms with Crippen molar-refractivity contribution in [1.82, 2.24) is 14.7 Å². The summed E-state index contributed by atoms with van der Waals surface area (Å²) >= 11 is 0. The van der Waals surface area contributed by atoms with E-state index in [0.717, 1.165) is 32.1 Å². The van der Waals surface area contributed by atoms with Crippen molar-refractivity contribution in [1.29, 1.82) is 0 Å². The number of benzene rings is 1. The third-order valence-corrected chi connectivity index (χ3v) is 5.28. The van der Waals surface area contributed by atoms with Gasteiger partial charge in [-0.15, -0.1) is 0 Å². The first kappa shape index (κ1) is 18.6. The Balaban J connectivity index is 1.94. The molecule has 2 heterocycles. The molecule has 1 fully saturated rings. The van der Waals surface area contributed by atoms with Crippen LogP contribution in [0.2, 0.25) is 0 Å². The fourth-order valence-corrected chi connectivity index (χ4v) is 3.58. The Morgan fingerprint density at radius 1 is 1.19 bits per heavy atom. The average molecular weight is 356 g/mol. The van der Waals surface area contributed by atoms with E-state index in [4.69, 9.17) is 5.73 Å². The molecule has 0 atom stereocenters. The first-order valence-electron chi connectivity index (χ1n) is 9.65. The van der Waals surface area contributed by atoms with E-state index in [1.54, 1.807) is 6.07 Å². The van der Waals surface area contributed by atoms with Crippen LogP contribution in [0, 0.1) is 5.92 Å². The van der Waals surface area contributed by atoms with Gasteiger partial charge >= 0.3 is 0 Å². The van der Waals surface area contributed by atoms with E-state index in [0.29, 0.717) is 48.6 Å². The van der Waals surface area contributed by atoms with Crippen molar-refractivity contribution in [3.05, 3.63) is 40.3 Å². The monoisotopic (exact) mass is 356 g/mol. The fourth-order valence-electron chi connectivity index (χ4n) is 3.58. The zero-order valence-electron chi connectivity index (χ0n) is 15.5. The summed E-state index contributed by atoms with van der Waals surface area (Å²) in [5.74, 6) is 0.410. The van der Waals surface area contributed by atoms with Gasteiger partial charge in [0.05, 0.1) is 5.39 Å². The predicted molar refractivity (Wildman–Crippen MR) is 103 cm³/mol. The van der Waals surface area contributed by atoms with Gasteiger partial charge in [0.1, 0.15) is 0 Å². The third kappa shape index (κ3) is 3.80. The number of hydrogen-bond donors (Lipinski definition) is 1. The molecule has 1 aliphatic heterocycles. The molecule has 0 spiro atoms. The maximum atomic E-state index is 13.1. The van der Waals surface area contributed by atoms with E-state index in [9.17, 15) is 9.59 Å². The second-order valence-electron chi connectivity index (χ2n) is 7.10. The number of aromatic nitrogens is 2. The number of nitrogens with zero attached hydrogens (tertiary/aromatic N) is 3. The summed E-state index contributed by atoms with van der Waals surface area (Å²) in [5.41, 5.74) is 6.03. The molecule has 1 saturated heterocycles. The maximum Gasteiger partial charge on any atom is 0.274 e.